The highest BCUT2D eigenvalue weighted by Gasteiger charge is 2.20. The smallest absolute Gasteiger partial charge is 0.239 e. The fourth-order valence-electron chi connectivity index (χ4n) is 2.21. The predicted molar refractivity (Wildman–Crippen MR) is 102 cm³/mol. The Labute approximate surface area is 158 Å². The maximum atomic E-state index is 13.1. The standard InChI is InChI=1S/C17H18FN5OS2/c1-9-10(2)25-16(19-9)20-15(24)11(3)26-17-22-21-14(23(17)4)12-5-7-13(18)8-6-12/h5-8,11H,1-4H3,(H,19,20,24)/t11-/m1/s1. The molecule has 26 heavy (non-hydrogen) atoms. The molecular weight excluding hydrogens is 373 g/mol. The second-order valence-electron chi connectivity index (χ2n) is 5.78. The molecule has 136 valence electrons. The number of amides is 1. The molecule has 0 aliphatic carbocycles. The minimum atomic E-state index is -0.372. The summed E-state index contributed by atoms with van der Waals surface area (Å²) in [4.78, 5) is 17.8. The van der Waals surface area contributed by atoms with E-state index in [1.807, 2.05) is 20.9 Å². The summed E-state index contributed by atoms with van der Waals surface area (Å²) in [7, 11) is 1.82. The van der Waals surface area contributed by atoms with Gasteiger partial charge in [0.1, 0.15) is 5.82 Å². The second kappa shape index (κ2) is 7.55. The monoisotopic (exact) mass is 391 g/mol. The Morgan fingerprint density at radius 2 is 1.96 bits per heavy atom. The van der Waals surface area contributed by atoms with Crippen LogP contribution in [0.5, 0.6) is 0 Å². The van der Waals surface area contributed by atoms with Crippen LogP contribution in [0.2, 0.25) is 0 Å². The largest absolute Gasteiger partial charge is 0.305 e. The molecule has 0 unspecified atom stereocenters. The molecule has 1 amide bonds. The van der Waals surface area contributed by atoms with E-state index in [1.165, 1.54) is 35.2 Å². The number of aromatic nitrogens is 4. The van der Waals surface area contributed by atoms with Crippen molar-refractivity contribution in [3.63, 3.8) is 0 Å². The molecule has 0 aliphatic rings. The number of hydrogen-bond donors (Lipinski definition) is 1. The third-order valence-electron chi connectivity index (χ3n) is 3.85. The van der Waals surface area contributed by atoms with Crippen molar-refractivity contribution in [3.8, 4) is 11.4 Å². The lowest BCUT2D eigenvalue weighted by Gasteiger charge is -2.10. The first-order valence-corrected chi connectivity index (χ1v) is 9.61. The van der Waals surface area contributed by atoms with Gasteiger partial charge in [-0.2, -0.15) is 0 Å². The van der Waals surface area contributed by atoms with Crippen LogP contribution in [0.3, 0.4) is 0 Å². The van der Waals surface area contributed by atoms with E-state index in [1.54, 1.807) is 23.6 Å². The van der Waals surface area contributed by atoms with Crippen LogP contribution in [-0.4, -0.2) is 30.9 Å². The Balaban J connectivity index is 1.70. The van der Waals surface area contributed by atoms with E-state index < -0.39 is 0 Å². The van der Waals surface area contributed by atoms with E-state index in [9.17, 15) is 9.18 Å². The summed E-state index contributed by atoms with van der Waals surface area (Å²) in [5.74, 6) is 0.171. The van der Waals surface area contributed by atoms with Crippen molar-refractivity contribution in [3.05, 3.63) is 40.7 Å². The molecular formula is C17H18FN5OS2. The lowest BCUT2D eigenvalue weighted by molar-refractivity contribution is -0.115. The third kappa shape index (κ3) is 3.94. The molecule has 3 rings (SSSR count). The van der Waals surface area contributed by atoms with E-state index in [-0.39, 0.29) is 17.0 Å². The van der Waals surface area contributed by atoms with Crippen molar-refractivity contribution in [2.24, 2.45) is 7.05 Å². The number of rotatable bonds is 5. The maximum absolute atomic E-state index is 13.1. The molecule has 0 bridgehead atoms. The lowest BCUT2D eigenvalue weighted by atomic mass is 10.2. The highest BCUT2D eigenvalue weighted by Crippen LogP contribution is 2.27. The van der Waals surface area contributed by atoms with Crippen LogP contribution in [0.1, 0.15) is 17.5 Å². The van der Waals surface area contributed by atoms with Crippen molar-refractivity contribution in [1.82, 2.24) is 19.7 Å². The average Bonchev–Trinajstić information content (AvgIpc) is 3.11. The third-order valence-corrected chi connectivity index (χ3v) is 5.97. The van der Waals surface area contributed by atoms with Crippen molar-refractivity contribution < 1.29 is 9.18 Å². The number of nitrogens with one attached hydrogen (secondary N) is 1. The summed E-state index contributed by atoms with van der Waals surface area (Å²) in [5.41, 5.74) is 1.68. The molecule has 1 atom stereocenters. The Bertz CT molecular complexity index is 916. The zero-order valence-corrected chi connectivity index (χ0v) is 16.4. The molecule has 0 fully saturated rings. The number of benzene rings is 1. The number of anilines is 1. The summed E-state index contributed by atoms with van der Waals surface area (Å²) in [6.07, 6.45) is 0. The number of thioether (sulfide) groups is 1. The summed E-state index contributed by atoms with van der Waals surface area (Å²) in [6.45, 7) is 5.69. The van der Waals surface area contributed by atoms with Gasteiger partial charge in [0.2, 0.25) is 5.91 Å². The van der Waals surface area contributed by atoms with Crippen molar-refractivity contribution in [1.29, 1.82) is 0 Å². The van der Waals surface area contributed by atoms with E-state index >= 15 is 0 Å². The fraction of sp³-hybridized carbons (Fsp3) is 0.294. The van der Waals surface area contributed by atoms with Crippen LogP contribution in [0.15, 0.2) is 29.4 Å². The molecule has 0 spiro atoms. The molecule has 2 aromatic heterocycles. The molecule has 3 aromatic rings. The highest BCUT2D eigenvalue weighted by molar-refractivity contribution is 8.00. The van der Waals surface area contributed by atoms with E-state index in [2.05, 4.69) is 20.5 Å². The van der Waals surface area contributed by atoms with Gasteiger partial charge in [-0.1, -0.05) is 11.8 Å². The van der Waals surface area contributed by atoms with Crippen molar-refractivity contribution in [2.45, 2.75) is 31.2 Å². The van der Waals surface area contributed by atoms with Crippen LogP contribution in [0, 0.1) is 19.7 Å². The first kappa shape index (κ1) is 18.5. The molecule has 1 N–H and O–H groups in total. The molecule has 6 nitrogen and oxygen atoms in total. The van der Waals surface area contributed by atoms with Crippen LogP contribution in [0.25, 0.3) is 11.4 Å². The van der Waals surface area contributed by atoms with Crippen LogP contribution in [0.4, 0.5) is 9.52 Å². The summed E-state index contributed by atoms with van der Waals surface area (Å²) >= 11 is 2.76. The molecule has 2 heterocycles. The topological polar surface area (TPSA) is 72.7 Å². The molecule has 9 heteroatoms. The van der Waals surface area contributed by atoms with Crippen molar-refractivity contribution >= 4 is 34.1 Å². The maximum Gasteiger partial charge on any atom is 0.239 e. The van der Waals surface area contributed by atoms with Gasteiger partial charge in [0.05, 0.1) is 10.9 Å². The molecule has 0 radical (unpaired) electrons. The van der Waals surface area contributed by atoms with E-state index in [4.69, 9.17) is 0 Å². The van der Waals surface area contributed by atoms with Crippen LogP contribution < -0.4 is 5.32 Å². The Morgan fingerprint density at radius 3 is 2.58 bits per heavy atom. The van der Waals surface area contributed by atoms with Gasteiger partial charge in [0.15, 0.2) is 16.1 Å². The van der Waals surface area contributed by atoms with Crippen molar-refractivity contribution in [2.75, 3.05) is 5.32 Å². The van der Waals surface area contributed by atoms with E-state index in [0.29, 0.717) is 16.1 Å². The second-order valence-corrected chi connectivity index (χ2v) is 8.29. The van der Waals surface area contributed by atoms with Gasteiger partial charge in [-0.05, 0) is 45.0 Å². The normalized spacial score (nSPS) is 12.2. The molecule has 0 saturated heterocycles. The van der Waals surface area contributed by atoms with Gasteiger partial charge >= 0.3 is 0 Å². The average molecular weight is 391 g/mol. The SMILES string of the molecule is Cc1nc(NC(=O)[C@@H](C)Sc2nnc(-c3ccc(F)cc3)n2C)sc1C. The summed E-state index contributed by atoms with van der Waals surface area (Å²) in [6, 6.07) is 6.06. The minimum Gasteiger partial charge on any atom is -0.305 e. The van der Waals surface area contributed by atoms with Gasteiger partial charge in [0, 0.05) is 17.5 Å². The summed E-state index contributed by atoms with van der Waals surface area (Å²) < 4.78 is 14.9. The zero-order valence-electron chi connectivity index (χ0n) is 14.8. The van der Waals surface area contributed by atoms with Gasteiger partial charge in [-0.3, -0.25) is 4.79 Å². The Kier molecular flexibility index (Phi) is 5.38. The number of thiazole rings is 1. The van der Waals surface area contributed by atoms with Gasteiger partial charge < -0.3 is 9.88 Å². The Morgan fingerprint density at radius 1 is 1.27 bits per heavy atom. The number of carbonyl (C=O) groups excluding carboxylic acids is 1. The van der Waals surface area contributed by atoms with Gasteiger partial charge in [-0.25, -0.2) is 9.37 Å². The molecule has 1 aromatic carbocycles. The summed E-state index contributed by atoms with van der Waals surface area (Å²) in [5, 5.41) is 12.0. The van der Waals surface area contributed by atoms with Gasteiger partial charge in [0.25, 0.3) is 0 Å². The molecule has 0 saturated carbocycles. The number of nitrogens with zero attached hydrogens (tertiary/aromatic N) is 4. The zero-order chi connectivity index (χ0) is 18.8. The number of carbonyl (C=O) groups is 1. The first-order chi connectivity index (χ1) is 12.3. The van der Waals surface area contributed by atoms with Crippen LogP contribution >= 0.6 is 23.1 Å². The number of hydrogen-bond acceptors (Lipinski definition) is 6. The lowest BCUT2D eigenvalue weighted by Crippen LogP contribution is -2.22. The fourth-order valence-corrected chi connectivity index (χ4v) is 3.85. The van der Waals surface area contributed by atoms with Crippen LogP contribution in [-0.2, 0) is 11.8 Å². The Hall–Kier alpha value is -2.26. The first-order valence-electron chi connectivity index (χ1n) is 7.92. The number of aryl methyl sites for hydroxylation is 2. The van der Waals surface area contributed by atoms with E-state index in [0.717, 1.165) is 16.1 Å². The minimum absolute atomic E-state index is 0.143. The number of halogens is 1. The highest BCUT2D eigenvalue weighted by atomic mass is 32.2. The quantitative estimate of drug-likeness (QED) is 0.670. The predicted octanol–water partition coefficient (Wildman–Crippen LogP) is 3.81. The molecule has 0 aliphatic heterocycles. The van der Waals surface area contributed by atoms with Gasteiger partial charge in [-0.15, -0.1) is 21.5 Å².